The van der Waals surface area contributed by atoms with Gasteiger partial charge in [0.1, 0.15) is 29.0 Å². The van der Waals surface area contributed by atoms with Gasteiger partial charge in [-0.05, 0) is 18.2 Å². The Labute approximate surface area is 151 Å². The summed E-state index contributed by atoms with van der Waals surface area (Å²) in [7, 11) is 1.54. The number of hydrogen-bond donors (Lipinski definition) is 1. The van der Waals surface area contributed by atoms with Crippen LogP contribution in [-0.4, -0.2) is 14.8 Å². The lowest BCUT2D eigenvalue weighted by atomic mass is 10.1. The SMILES string of the molecule is Cn1nc(C(C)(F)F)cc1-c1ccc(NCc2c(F)cc(F)cc2F)nc1. The maximum absolute atomic E-state index is 13.6. The Bertz CT molecular complexity index is 938. The lowest BCUT2D eigenvalue weighted by Gasteiger charge is -2.09. The fraction of sp³-hybridized carbons (Fsp3) is 0.222. The normalized spacial score (nSPS) is 11.7. The summed E-state index contributed by atoms with van der Waals surface area (Å²) in [6.07, 6.45) is 1.42. The van der Waals surface area contributed by atoms with Crippen molar-refractivity contribution in [3.8, 4) is 11.3 Å². The van der Waals surface area contributed by atoms with E-state index >= 15 is 0 Å². The molecule has 0 atom stereocenters. The van der Waals surface area contributed by atoms with Crippen molar-refractivity contribution in [3.63, 3.8) is 0 Å². The largest absolute Gasteiger partial charge is 0.366 e. The number of rotatable bonds is 5. The third kappa shape index (κ3) is 4.07. The minimum Gasteiger partial charge on any atom is -0.366 e. The molecule has 0 aliphatic carbocycles. The average molecular weight is 382 g/mol. The van der Waals surface area contributed by atoms with Crippen molar-refractivity contribution in [2.24, 2.45) is 7.05 Å². The van der Waals surface area contributed by atoms with Crippen LogP contribution in [0.15, 0.2) is 36.5 Å². The Morgan fingerprint density at radius 3 is 2.26 bits per heavy atom. The van der Waals surface area contributed by atoms with Crippen molar-refractivity contribution >= 4 is 5.82 Å². The van der Waals surface area contributed by atoms with Gasteiger partial charge in [-0.25, -0.2) is 18.2 Å². The van der Waals surface area contributed by atoms with Gasteiger partial charge < -0.3 is 5.32 Å². The third-order valence-corrected chi connectivity index (χ3v) is 3.94. The van der Waals surface area contributed by atoms with Gasteiger partial charge in [-0.2, -0.15) is 13.9 Å². The van der Waals surface area contributed by atoms with Crippen LogP contribution in [0.1, 0.15) is 18.2 Å². The number of alkyl halides is 2. The van der Waals surface area contributed by atoms with E-state index in [1.807, 2.05) is 0 Å². The molecule has 0 aliphatic heterocycles. The molecular formula is C18H15F5N4. The van der Waals surface area contributed by atoms with Gasteiger partial charge in [0.15, 0.2) is 0 Å². The van der Waals surface area contributed by atoms with Crippen LogP contribution in [0.2, 0.25) is 0 Å². The Kier molecular flexibility index (Phi) is 4.86. The van der Waals surface area contributed by atoms with Crippen LogP contribution in [0.5, 0.6) is 0 Å². The van der Waals surface area contributed by atoms with E-state index < -0.39 is 23.4 Å². The first-order valence-corrected chi connectivity index (χ1v) is 7.91. The van der Waals surface area contributed by atoms with Crippen molar-refractivity contribution in [1.29, 1.82) is 0 Å². The third-order valence-electron chi connectivity index (χ3n) is 3.94. The van der Waals surface area contributed by atoms with E-state index in [1.165, 1.54) is 30.1 Å². The predicted octanol–water partition coefficient (Wildman–Crippen LogP) is 4.62. The van der Waals surface area contributed by atoms with Gasteiger partial charge in [-0.1, -0.05) is 0 Å². The lowest BCUT2D eigenvalue weighted by Crippen LogP contribution is -2.08. The van der Waals surface area contributed by atoms with Crippen molar-refractivity contribution in [2.75, 3.05) is 5.32 Å². The fourth-order valence-electron chi connectivity index (χ4n) is 2.52. The molecule has 0 aliphatic rings. The predicted molar refractivity (Wildman–Crippen MR) is 89.6 cm³/mol. The summed E-state index contributed by atoms with van der Waals surface area (Å²) in [4.78, 5) is 4.10. The summed E-state index contributed by atoms with van der Waals surface area (Å²) in [5.74, 6) is -5.75. The zero-order valence-electron chi connectivity index (χ0n) is 14.4. The van der Waals surface area contributed by atoms with E-state index in [0.717, 1.165) is 6.92 Å². The van der Waals surface area contributed by atoms with Crippen molar-refractivity contribution in [2.45, 2.75) is 19.4 Å². The summed E-state index contributed by atoms with van der Waals surface area (Å²) >= 11 is 0. The highest BCUT2D eigenvalue weighted by molar-refractivity contribution is 5.60. The number of hydrogen-bond acceptors (Lipinski definition) is 3. The summed E-state index contributed by atoms with van der Waals surface area (Å²) < 4.78 is 68.3. The number of aromatic nitrogens is 3. The molecule has 27 heavy (non-hydrogen) atoms. The van der Waals surface area contributed by atoms with Crippen molar-refractivity contribution < 1.29 is 22.0 Å². The Hall–Kier alpha value is -2.97. The molecule has 1 N–H and O–H groups in total. The van der Waals surface area contributed by atoms with Crippen LogP contribution in [0.4, 0.5) is 27.8 Å². The van der Waals surface area contributed by atoms with E-state index in [0.29, 0.717) is 29.2 Å². The quantitative estimate of drug-likeness (QED) is 0.655. The molecule has 9 heteroatoms. The molecule has 0 bridgehead atoms. The van der Waals surface area contributed by atoms with Gasteiger partial charge in [-0.3, -0.25) is 4.68 Å². The first-order valence-electron chi connectivity index (χ1n) is 7.91. The molecule has 1 aromatic carbocycles. The summed E-state index contributed by atoms with van der Waals surface area (Å²) in [5.41, 5.74) is 0.319. The molecule has 2 aromatic heterocycles. The van der Waals surface area contributed by atoms with E-state index in [9.17, 15) is 22.0 Å². The Balaban J connectivity index is 1.76. The molecule has 3 aromatic rings. The Morgan fingerprint density at radius 2 is 1.74 bits per heavy atom. The first-order chi connectivity index (χ1) is 12.6. The summed E-state index contributed by atoms with van der Waals surface area (Å²) in [6.45, 7) is 0.528. The number of nitrogens with zero attached hydrogens (tertiary/aromatic N) is 3. The number of benzene rings is 1. The summed E-state index contributed by atoms with van der Waals surface area (Å²) in [5, 5.41) is 6.52. The molecule has 142 valence electrons. The van der Waals surface area contributed by atoms with E-state index in [4.69, 9.17) is 0 Å². The molecule has 0 fully saturated rings. The number of aryl methyl sites for hydroxylation is 1. The van der Waals surface area contributed by atoms with Crippen LogP contribution < -0.4 is 5.32 Å². The number of halogens is 5. The molecule has 0 amide bonds. The molecule has 4 nitrogen and oxygen atoms in total. The van der Waals surface area contributed by atoms with Gasteiger partial charge in [0.05, 0.1) is 5.69 Å². The van der Waals surface area contributed by atoms with E-state index in [1.54, 1.807) is 6.07 Å². The second-order valence-corrected chi connectivity index (χ2v) is 6.06. The molecule has 0 saturated heterocycles. The van der Waals surface area contributed by atoms with E-state index in [-0.39, 0.29) is 17.8 Å². The lowest BCUT2D eigenvalue weighted by molar-refractivity contribution is 0.0122. The highest BCUT2D eigenvalue weighted by Crippen LogP contribution is 2.29. The second-order valence-electron chi connectivity index (χ2n) is 6.06. The minimum atomic E-state index is -3.06. The summed E-state index contributed by atoms with van der Waals surface area (Å²) in [6, 6.07) is 5.61. The van der Waals surface area contributed by atoms with Gasteiger partial charge in [-0.15, -0.1) is 0 Å². The fourth-order valence-corrected chi connectivity index (χ4v) is 2.52. The van der Waals surface area contributed by atoms with Crippen LogP contribution in [0.3, 0.4) is 0 Å². The maximum Gasteiger partial charge on any atom is 0.288 e. The van der Waals surface area contributed by atoms with Gasteiger partial charge >= 0.3 is 0 Å². The van der Waals surface area contributed by atoms with Crippen molar-refractivity contribution in [1.82, 2.24) is 14.8 Å². The molecule has 0 radical (unpaired) electrons. The molecule has 2 heterocycles. The van der Waals surface area contributed by atoms with E-state index in [2.05, 4.69) is 15.4 Å². The standard InChI is InChI=1S/C18H15F5N4/c1-18(22,23)16-7-15(27(2)26-16)10-3-4-17(24-8-10)25-9-12-13(20)5-11(19)6-14(12)21/h3-8H,9H2,1-2H3,(H,24,25). The monoisotopic (exact) mass is 382 g/mol. The average Bonchev–Trinajstić information content (AvgIpc) is 2.96. The zero-order chi connectivity index (χ0) is 19.8. The molecule has 0 saturated carbocycles. The minimum absolute atomic E-state index is 0.234. The maximum atomic E-state index is 13.6. The van der Waals surface area contributed by atoms with Gasteiger partial charge in [0.2, 0.25) is 0 Å². The van der Waals surface area contributed by atoms with Crippen LogP contribution in [-0.2, 0) is 19.5 Å². The number of nitrogens with one attached hydrogen (secondary N) is 1. The topological polar surface area (TPSA) is 42.7 Å². The second kappa shape index (κ2) is 6.98. The highest BCUT2D eigenvalue weighted by Gasteiger charge is 2.28. The Morgan fingerprint density at radius 1 is 1.07 bits per heavy atom. The molecule has 0 unspecified atom stereocenters. The van der Waals surface area contributed by atoms with Crippen LogP contribution >= 0.6 is 0 Å². The smallest absolute Gasteiger partial charge is 0.288 e. The first kappa shape index (κ1) is 18.8. The zero-order valence-corrected chi connectivity index (χ0v) is 14.4. The van der Waals surface area contributed by atoms with Crippen LogP contribution in [0.25, 0.3) is 11.3 Å². The van der Waals surface area contributed by atoms with Gasteiger partial charge in [0, 0.05) is 50.0 Å². The van der Waals surface area contributed by atoms with Crippen molar-refractivity contribution in [3.05, 3.63) is 65.2 Å². The molecule has 3 rings (SSSR count). The molecule has 0 spiro atoms. The van der Waals surface area contributed by atoms with Crippen LogP contribution in [0, 0.1) is 17.5 Å². The number of anilines is 1. The number of pyridine rings is 1. The molecular weight excluding hydrogens is 367 g/mol. The highest BCUT2D eigenvalue weighted by atomic mass is 19.3. The van der Waals surface area contributed by atoms with Gasteiger partial charge in [0.25, 0.3) is 5.92 Å².